The summed E-state index contributed by atoms with van der Waals surface area (Å²) in [5, 5.41) is 6.87. The number of hydrogen-bond donors (Lipinski definition) is 2. The Balaban J connectivity index is 1.72. The van der Waals surface area contributed by atoms with Crippen LogP contribution in [0.15, 0.2) is 60.8 Å². The Morgan fingerprint density at radius 2 is 1.88 bits per heavy atom. The zero-order valence-corrected chi connectivity index (χ0v) is 15.3. The minimum absolute atomic E-state index is 0.297. The molecule has 0 saturated carbocycles. The molecule has 0 bridgehead atoms. The molecule has 0 aliphatic carbocycles. The molecule has 0 aliphatic rings. The first-order valence-corrected chi connectivity index (χ1v) is 8.45. The molecule has 0 radical (unpaired) electrons. The molecule has 3 aromatic rings. The van der Waals surface area contributed by atoms with Crippen LogP contribution in [0.4, 0.5) is 17.2 Å². The molecule has 0 aliphatic heterocycles. The van der Waals surface area contributed by atoms with Crippen LogP contribution in [0.1, 0.15) is 10.4 Å². The number of nitrogens with one attached hydrogen (secondary N) is 2. The molecule has 7 heteroatoms. The summed E-state index contributed by atoms with van der Waals surface area (Å²) in [5.74, 6) is 0.934. The van der Waals surface area contributed by atoms with E-state index in [1.54, 1.807) is 67.9 Å². The van der Waals surface area contributed by atoms with Crippen molar-refractivity contribution in [2.24, 2.45) is 0 Å². The van der Waals surface area contributed by atoms with Gasteiger partial charge in [-0.05, 0) is 42.5 Å². The van der Waals surface area contributed by atoms with Gasteiger partial charge in [-0.3, -0.25) is 4.79 Å². The maximum absolute atomic E-state index is 12.3. The van der Waals surface area contributed by atoms with Crippen molar-refractivity contribution in [3.63, 3.8) is 0 Å². The highest BCUT2D eigenvalue weighted by atomic mass is 35.5. The van der Waals surface area contributed by atoms with Crippen LogP contribution in [0, 0.1) is 0 Å². The third kappa shape index (κ3) is 4.25. The number of nitrogens with zero attached hydrogens (tertiary/aromatic N) is 1. The smallest absolute Gasteiger partial charge is 0.257 e. The van der Waals surface area contributed by atoms with Crippen LogP contribution < -0.4 is 15.4 Å². The molecule has 0 saturated heterocycles. The zero-order valence-electron chi connectivity index (χ0n) is 13.8. The molecule has 0 spiro atoms. The van der Waals surface area contributed by atoms with E-state index in [1.807, 2.05) is 0 Å². The van der Waals surface area contributed by atoms with Crippen LogP contribution in [0.25, 0.3) is 0 Å². The second-order valence-corrected chi connectivity index (χ2v) is 6.18. The number of pyridine rings is 1. The van der Waals surface area contributed by atoms with Gasteiger partial charge in [0.1, 0.15) is 11.6 Å². The van der Waals surface area contributed by atoms with E-state index in [0.717, 1.165) is 0 Å². The summed E-state index contributed by atoms with van der Waals surface area (Å²) >= 11 is 12.1. The van der Waals surface area contributed by atoms with Crippen molar-refractivity contribution in [2.45, 2.75) is 0 Å². The number of amides is 1. The van der Waals surface area contributed by atoms with Crippen LogP contribution >= 0.6 is 23.2 Å². The van der Waals surface area contributed by atoms with Gasteiger partial charge in [-0.2, -0.15) is 0 Å². The molecule has 1 amide bonds. The summed E-state index contributed by atoms with van der Waals surface area (Å²) in [7, 11) is 1.58. The number of hydrogen-bond acceptors (Lipinski definition) is 4. The van der Waals surface area contributed by atoms with E-state index >= 15 is 0 Å². The standard InChI is InChI=1S/C19H15Cl2N3O2/c1-26-17-8-6-12(20)10-16(17)24-18-9-7-13(11-22-18)23-19(25)14-4-2-3-5-15(14)21/h2-11H,1H3,(H,22,24)(H,23,25). The SMILES string of the molecule is COc1ccc(Cl)cc1Nc1ccc(NC(=O)c2ccccc2Cl)cn1. The van der Waals surface area contributed by atoms with E-state index in [-0.39, 0.29) is 5.91 Å². The molecule has 26 heavy (non-hydrogen) atoms. The normalized spacial score (nSPS) is 10.3. The Morgan fingerprint density at radius 3 is 2.58 bits per heavy atom. The lowest BCUT2D eigenvalue weighted by atomic mass is 10.2. The number of methoxy groups -OCH3 is 1. The van der Waals surface area contributed by atoms with Gasteiger partial charge in [0.2, 0.25) is 0 Å². The molecule has 1 aromatic heterocycles. The third-order valence-corrected chi connectivity index (χ3v) is 4.13. The third-order valence-electron chi connectivity index (χ3n) is 3.56. The van der Waals surface area contributed by atoms with E-state index in [0.29, 0.717) is 38.6 Å². The summed E-state index contributed by atoms with van der Waals surface area (Å²) in [6.07, 6.45) is 1.55. The van der Waals surface area contributed by atoms with Crippen LogP contribution in [-0.4, -0.2) is 18.0 Å². The second-order valence-electron chi connectivity index (χ2n) is 5.34. The van der Waals surface area contributed by atoms with E-state index in [9.17, 15) is 4.79 Å². The first-order chi connectivity index (χ1) is 12.6. The largest absolute Gasteiger partial charge is 0.495 e. The van der Waals surface area contributed by atoms with Crippen molar-refractivity contribution in [3.8, 4) is 5.75 Å². The molecule has 0 atom stereocenters. The molecular weight excluding hydrogens is 373 g/mol. The zero-order chi connectivity index (χ0) is 18.5. The number of aromatic nitrogens is 1. The average Bonchev–Trinajstić information content (AvgIpc) is 2.64. The summed E-state index contributed by atoms with van der Waals surface area (Å²) in [4.78, 5) is 16.6. The van der Waals surface area contributed by atoms with Crippen LogP contribution in [-0.2, 0) is 0 Å². The molecule has 0 unspecified atom stereocenters. The van der Waals surface area contributed by atoms with Gasteiger partial charge >= 0.3 is 0 Å². The minimum Gasteiger partial charge on any atom is -0.495 e. The summed E-state index contributed by atoms with van der Waals surface area (Å²) < 4.78 is 5.29. The molecular formula is C19H15Cl2N3O2. The number of halogens is 2. The topological polar surface area (TPSA) is 63.2 Å². The fourth-order valence-electron chi connectivity index (χ4n) is 2.30. The van der Waals surface area contributed by atoms with Gasteiger partial charge < -0.3 is 15.4 Å². The predicted molar refractivity (Wildman–Crippen MR) is 105 cm³/mol. The van der Waals surface area contributed by atoms with E-state index in [1.165, 1.54) is 0 Å². The Morgan fingerprint density at radius 1 is 1.08 bits per heavy atom. The fraction of sp³-hybridized carbons (Fsp3) is 0.0526. The van der Waals surface area contributed by atoms with Crippen LogP contribution in [0.5, 0.6) is 5.75 Å². The maximum Gasteiger partial charge on any atom is 0.257 e. The first-order valence-electron chi connectivity index (χ1n) is 7.69. The minimum atomic E-state index is -0.297. The van der Waals surface area contributed by atoms with Gasteiger partial charge in [0.15, 0.2) is 0 Å². The van der Waals surface area contributed by atoms with Crippen molar-refractivity contribution in [3.05, 3.63) is 76.4 Å². The average molecular weight is 388 g/mol. The van der Waals surface area contributed by atoms with Crippen molar-refractivity contribution < 1.29 is 9.53 Å². The Bertz CT molecular complexity index is 930. The van der Waals surface area contributed by atoms with E-state index in [4.69, 9.17) is 27.9 Å². The van der Waals surface area contributed by atoms with Crippen LogP contribution in [0.3, 0.4) is 0 Å². The summed E-state index contributed by atoms with van der Waals surface area (Å²) in [6, 6.07) is 15.6. The molecule has 1 heterocycles. The van der Waals surface area contributed by atoms with Crippen molar-refractivity contribution >= 4 is 46.3 Å². The van der Waals surface area contributed by atoms with Gasteiger partial charge in [-0.25, -0.2) is 4.98 Å². The highest BCUT2D eigenvalue weighted by molar-refractivity contribution is 6.34. The van der Waals surface area contributed by atoms with Gasteiger partial charge in [0, 0.05) is 5.02 Å². The lowest BCUT2D eigenvalue weighted by Gasteiger charge is -2.11. The monoisotopic (exact) mass is 387 g/mol. The number of carbonyl (C=O) groups is 1. The number of rotatable bonds is 5. The Hall–Kier alpha value is -2.76. The Kier molecular flexibility index (Phi) is 5.61. The first kappa shape index (κ1) is 18.0. The molecule has 0 fully saturated rings. The molecule has 5 nitrogen and oxygen atoms in total. The van der Waals surface area contributed by atoms with Crippen molar-refractivity contribution in [2.75, 3.05) is 17.7 Å². The molecule has 2 aromatic carbocycles. The lowest BCUT2D eigenvalue weighted by molar-refractivity contribution is 0.102. The molecule has 132 valence electrons. The van der Waals surface area contributed by atoms with Gasteiger partial charge in [-0.15, -0.1) is 0 Å². The number of ether oxygens (including phenoxy) is 1. The summed E-state index contributed by atoms with van der Waals surface area (Å²) in [5.41, 5.74) is 1.65. The van der Waals surface area contributed by atoms with Gasteiger partial charge in [0.25, 0.3) is 5.91 Å². The number of benzene rings is 2. The van der Waals surface area contributed by atoms with Gasteiger partial charge in [0.05, 0.1) is 35.3 Å². The van der Waals surface area contributed by atoms with Crippen molar-refractivity contribution in [1.29, 1.82) is 0 Å². The molecule has 2 N–H and O–H groups in total. The number of carbonyl (C=O) groups excluding carboxylic acids is 1. The van der Waals surface area contributed by atoms with Gasteiger partial charge in [-0.1, -0.05) is 35.3 Å². The lowest BCUT2D eigenvalue weighted by Crippen LogP contribution is -2.12. The van der Waals surface area contributed by atoms with E-state index in [2.05, 4.69) is 15.6 Å². The second kappa shape index (κ2) is 8.08. The van der Waals surface area contributed by atoms with Crippen molar-refractivity contribution in [1.82, 2.24) is 4.98 Å². The summed E-state index contributed by atoms with van der Waals surface area (Å²) in [6.45, 7) is 0. The highest BCUT2D eigenvalue weighted by Crippen LogP contribution is 2.30. The maximum atomic E-state index is 12.3. The fourth-order valence-corrected chi connectivity index (χ4v) is 2.70. The molecule has 3 rings (SSSR count). The Labute approximate surface area is 160 Å². The number of anilines is 3. The van der Waals surface area contributed by atoms with Crippen LogP contribution in [0.2, 0.25) is 10.0 Å². The highest BCUT2D eigenvalue weighted by Gasteiger charge is 2.10. The predicted octanol–water partition coefficient (Wildman–Crippen LogP) is 5.39. The quantitative estimate of drug-likeness (QED) is 0.615. The van der Waals surface area contributed by atoms with E-state index < -0.39 is 0 Å².